The molecule has 0 bridgehead atoms. The Bertz CT molecular complexity index is 707. The van der Waals surface area contributed by atoms with E-state index >= 15 is 0 Å². The van der Waals surface area contributed by atoms with E-state index in [2.05, 4.69) is 52.6 Å². The molecule has 2 heterocycles. The zero-order valence-electron chi connectivity index (χ0n) is 13.5. The third-order valence-corrected chi connectivity index (χ3v) is 5.83. The lowest BCUT2D eigenvalue weighted by Crippen LogP contribution is -2.35. The van der Waals surface area contributed by atoms with Crippen molar-refractivity contribution < 1.29 is 0 Å². The van der Waals surface area contributed by atoms with E-state index in [9.17, 15) is 0 Å². The van der Waals surface area contributed by atoms with Crippen LogP contribution in [-0.4, -0.2) is 36.0 Å². The quantitative estimate of drug-likeness (QED) is 0.943. The second-order valence-corrected chi connectivity index (χ2v) is 7.48. The summed E-state index contributed by atoms with van der Waals surface area (Å²) >= 11 is 1.87. The highest BCUT2D eigenvalue weighted by Gasteiger charge is 2.23. The zero-order chi connectivity index (χ0) is 15.6. The monoisotopic (exact) mass is 326 g/mol. The first kappa shape index (κ1) is 14.7. The van der Waals surface area contributed by atoms with Gasteiger partial charge in [0.1, 0.15) is 5.01 Å². The maximum Gasteiger partial charge on any atom is 0.194 e. The largest absolute Gasteiger partial charge is 0.350 e. The number of guanidine groups is 1. The molecule has 0 fully saturated rings. The minimum atomic E-state index is 0.648. The summed E-state index contributed by atoms with van der Waals surface area (Å²) < 4.78 is 0. The van der Waals surface area contributed by atoms with Gasteiger partial charge in [-0.3, -0.25) is 4.99 Å². The summed E-state index contributed by atoms with van der Waals surface area (Å²) in [4.78, 5) is 13.0. The number of thiazole rings is 1. The molecule has 4 nitrogen and oxygen atoms in total. The van der Waals surface area contributed by atoms with Crippen molar-refractivity contribution in [3.63, 3.8) is 0 Å². The molecule has 0 radical (unpaired) electrons. The fourth-order valence-corrected chi connectivity index (χ4v) is 4.53. The van der Waals surface area contributed by atoms with Gasteiger partial charge in [0.15, 0.2) is 5.96 Å². The second-order valence-electron chi connectivity index (χ2n) is 6.31. The Kier molecular flexibility index (Phi) is 4.04. The summed E-state index contributed by atoms with van der Waals surface area (Å²) in [6, 6.07) is 10.9. The first-order valence-electron chi connectivity index (χ1n) is 8.31. The minimum Gasteiger partial charge on any atom is -0.350 e. The van der Waals surface area contributed by atoms with Crippen LogP contribution in [0.5, 0.6) is 0 Å². The van der Waals surface area contributed by atoms with Crippen LogP contribution >= 0.6 is 11.3 Å². The van der Waals surface area contributed by atoms with E-state index in [0.29, 0.717) is 5.92 Å². The Morgan fingerprint density at radius 3 is 2.96 bits per heavy atom. The molecule has 4 rings (SSSR count). The second kappa shape index (κ2) is 6.32. The van der Waals surface area contributed by atoms with Crippen LogP contribution in [0.2, 0.25) is 0 Å². The molecule has 1 aliphatic carbocycles. The van der Waals surface area contributed by atoms with Gasteiger partial charge in [0.25, 0.3) is 0 Å². The summed E-state index contributed by atoms with van der Waals surface area (Å²) in [5.41, 5.74) is 2.79. The van der Waals surface area contributed by atoms with Crippen LogP contribution in [0.25, 0.3) is 0 Å². The molecule has 0 spiro atoms. The number of nitrogens with zero attached hydrogens (tertiary/aromatic N) is 3. The number of nitrogens with one attached hydrogen (secondary N) is 1. The molecular weight excluding hydrogens is 304 g/mol. The van der Waals surface area contributed by atoms with Crippen molar-refractivity contribution in [1.82, 2.24) is 15.2 Å². The van der Waals surface area contributed by atoms with Crippen LogP contribution in [-0.2, 0) is 19.4 Å². The molecule has 1 aliphatic heterocycles. The van der Waals surface area contributed by atoms with Crippen LogP contribution in [0.3, 0.4) is 0 Å². The number of aryl methyl sites for hydroxylation is 1. The first-order valence-corrected chi connectivity index (χ1v) is 9.13. The number of aliphatic imine (C=N–C) groups is 1. The third kappa shape index (κ3) is 3.11. The molecule has 120 valence electrons. The number of hydrogen-bond acceptors (Lipinski definition) is 5. The van der Waals surface area contributed by atoms with Crippen LogP contribution in [0, 0.1) is 0 Å². The summed E-state index contributed by atoms with van der Waals surface area (Å²) in [6.07, 6.45) is 3.45. The maximum atomic E-state index is 4.85. The number of rotatable bonds is 3. The summed E-state index contributed by atoms with van der Waals surface area (Å²) in [6.45, 7) is 2.69. The van der Waals surface area contributed by atoms with E-state index in [1.165, 1.54) is 27.6 Å². The minimum absolute atomic E-state index is 0.648. The average Bonchev–Trinajstić information content (AvgIpc) is 3.18. The highest BCUT2D eigenvalue weighted by Crippen LogP contribution is 2.35. The normalized spacial score (nSPS) is 20.3. The van der Waals surface area contributed by atoms with E-state index in [4.69, 9.17) is 4.98 Å². The molecule has 1 aromatic heterocycles. The maximum absolute atomic E-state index is 4.85. The van der Waals surface area contributed by atoms with Crippen LogP contribution in [0.15, 0.2) is 35.3 Å². The predicted molar refractivity (Wildman–Crippen MR) is 95.1 cm³/mol. The van der Waals surface area contributed by atoms with Crippen molar-refractivity contribution in [3.05, 3.63) is 51.5 Å². The Morgan fingerprint density at radius 1 is 1.30 bits per heavy atom. The fraction of sp³-hybridized carbons (Fsp3) is 0.444. The van der Waals surface area contributed by atoms with Gasteiger partial charge in [-0.15, -0.1) is 11.3 Å². The van der Waals surface area contributed by atoms with Gasteiger partial charge >= 0.3 is 0 Å². The fourth-order valence-electron chi connectivity index (χ4n) is 3.39. The molecule has 1 unspecified atom stereocenters. The van der Waals surface area contributed by atoms with E-state index in [1.54, 1.807) is 0 Å². The van der Waals surface area contributed by atoms with Gasteiger partial charge in [-0.25, -0.2) is 4.98 Å². The van der Waals surface area contributed by atoms with Crippen molar-refractivity contribution in [3.8, 4) is 0 Å². The van der Waals surface area contributed by atoms with Crippen molar-refractivity contribution >= 4 is 17.3 Å². The third-order valence-electron chi connectivity index (χ3n) is 4.71. The Hall–Kier alpha value is -1.88. The lowest BCUT2D eigenvalue weighted by Gasteiger charge is -2.21. The van der Waals surface area contributed by atoms with Gasteiger partial charge in [0.2, 0.25) is 0 Å². The van der Waals surface area contributed by atoms with E-state index in [0.717, 1.165) is 38.4 Å². The number of hydrogen-bond donors (Lipinski definition) is 1. The lowest BCUT2D eigenvalue weighted by molar-refractivity contribution is 0.533. The average molecular weight is 326 g/mol. The van der Waals surface area contributed by atoms with Crippen molar-refractivity contribution in [2.24, 2.45) is 4.99 Å². The van der Waals surface area contributed by atoms with E-state index in [-0.39, 0.29) is 0 Å². The van der Waals surface area contributed by atoms with Crippen molar-refractivity contribution in [2.75, 3.05) is 20.1 Å². The molecule has 0 saturated carbocycles. The van der Waals surface area contributed by atoms with E-state index < -0.39 is 0 Å². The summed E-state index contributed by atoms with van der Waals surface area (Å²) in [5.74, 6) is 1.65. The number of fused-ring (bicyclic) bond motifs is 1. The zero-order valence-corrected chi connectivity index (χ0v) is 14.3. The van der Waals surface area contributed by atoms with Crippen molar-refractivity contribution in [2.45, 2.75) is 31.7 Å². The Labute approximate surface area is 141 Å². The molecule has 5 heteroatoms. The van der Waals surface area contributed by atoms with Crippen LogP contribution in [0.1, 0.15) is 33.5 Å². The number of likely N-dealkylation sites (N-methyl/N-ethyl adjacent to an activating group) is 1. The van der Waals surface area contributed by atoms with Gasteiger partial charge < -0.3 is 10.2 Å². The Morgan fingerprint density at radius 2 is 2.17 bits per heavy atom. The molecule has 23 heavy (non-hydrogen) atoms. The smallest absolute Gasteiger partial charge is 0.194 e. The summed E-state index contributed by atoms with van der Waals surface area (Å²) in [5, 5.41) is 4.61. The van der Waals surface area contributed by atoms with Crippen molar-refractivity contribution in [1.29, 1.82) is 0 Å². The van der Waals surface area contributed by atoms with Gasteiger partial charge in [0, 0.05) is 18.5 Å². The molecule has 2 aliphatic rings. The number of aromatic nitrogens is 1. The standard InChI is InChI=1S/C18H22N4S/c1-22-10-9-19-18(22)20-12-17-21-15-8-7-14(11-16(15)23-17)13-5-3-2-4-6-13/h2-6,14H,7-12H2,1H3,(H,19,20). The molecule has 1 aromatic carbocycles. The van der Waals surface area contributed by atoms with Gasteiger partial charge in [-0.05, 0) is 30.7 Å². The van der Waals surface area contributed by atoms with E-state index in [1.807, 2.05) is 11.3 Å². The number of benzene rings is 1. The highest BCUT2D eigenvalue weighted by molar-refractivity contribution is 7.11. The summed E-state index contributed by atoms with van der Waals surface area (Å²) in [7, 11) is 2.08. The molecular formula is C18H22N4S. The Balaban J connectivity index is 1.43. The highest BCUT2D eigenvalue weighted by atomic mass is 32.1. The lowest BCUT2D eigenvalue weighted by atomic mass is 9.85. The van der Waals surface area contributed by atoms with Gasteiger partial charge in [0.05, 0.1) is 18.8 Å². The van der Waals surface area contributed by atoms with Gasteiger partial charge in [-0.2, -0.15) is 0 Å². The topological polar surface area (TPSA) is 40.5 Å². The molecule has 1 atom stereocenters. The molecule has 0 saturated heterocycles. The predicted octanol–water partition coefficient (Wildman–Crippen LogP) is 2.81. The molecule has 2 aromatic rings. The SMILES string of the molecule is CN1CCN=C1NCc1nc2c(s1)CC(c1ccccc1)CC2. The van der Waals surface area contributed by atoms with Crippen LogP contribution < -0.4 is 5.32 Å². The van der Waals surface area contributed by atoms with Gasteiger partial charge in [-0.1, -0.05) is 30.3 Å². The molecule has 1 N–H and O–H groups in total. The first-order chi connectivity index (χ1) is 11.3. The molecule has 0 amide bonds. The van der Waals surface area contributed by atoms with Crippen LogP contribution in [0.4, 0.5) is 0 Å².